The minimum absolute atomic E-state index is 0.0852. The predicted molar refractivity (Wildman–Crippen MR) is 54.9 cm³/mol. The molecule has 0 aromatic carbocycles. The van der Waals surface area contributed by atoms with Gasteiger partial charge < -0.3 is 9.88 Å². The fourth-order valence-electron chi connectivity index (χ4n) is 1.17. The van der Waals surface area contributed by atoms with E-state index in [1.54, 1.807) is 6.20 Å². The Balaban J connectivity index is 2.42. The zero-order valence-corrected chi connectivity index (χ0v) is 8.73. The van der Waals surface area contributed by atoms with Crippen LogP contribution in [0.4, 0.5) is 0 Å². The summed E-state index contributed by atoms with van der Waals surface area (Å²) in [5, 5.41) is 11.4. The number of hydrogen-bond donors (Lipinski definition) is 1. The van der Waals surface area contributed by atoms with Gasteiger partial charge in [-0.25, -0.2) is 4.98 Å². The van der Waals surface area contributed by atoms with E-state index >= 15 is 0 Å². The van der Waals surface area contributed by atoms with Gasteiger partial charge in [0.1, 0.15) is 12.6 Å². The van der Waals surface area contributed by atoms with Crippen molar-refractivity contribution in [3.05, 3.63) is 18.2 Å². The van der Waals surface area contributed by atoms with Gasteiger partial charge in [-0.1, -0.05) is 13.3 Å². The molecule has 0 radical (unpaired) electrons. The lowest BCUT2D eigenvalue weighted by Crippen LogP contribution is -2.28. The normalized spacial score (nSPS) is 9.60. The molecule has 0 unspecified atom stereocenters. The van der Waals surface area contributed by atoms with Gasteiger partial charge in [-0.2, -0.15) is 5.26 Å². The van der Waals surface area contributed by atoms with Gasteiger partial charge in [0.05, 0.1) is 0 Å². The number of amides is 1. The third-order valence-electron chi connectivity index (χ3n) is 1.98. The van der Waals surface area contributed by atoms with E-state index in [0.29, 0.717) is 6.54 Å². The topological polar surface area (TPSA) is 70.7 Å². The summed E-state index contributed by atoms with van der Waals surface area (Å²) in [6, 6.07) is 1.92. The maximum atomic E-state index is 11.4. The van der Waals surface area contributed by atoms with E-state index in [1.165, 1.54) is 10.8 Å². The Morgan fingerprint density at radius 3 is 3.20 bits per heavy atom. The number of carbonyl (C=O) groups excluding carboxylic acids is 1. The summed E-state index contributed by atoms with van der Waals surface area (Å²) < 4.78 is 1.53. The lowest BCUT2D eigenvalue weighted by molar-refractivity contribution is -0.121. The van der Waals surface area contributed by atoms with Crippen molar-refractivity contribution in [1.29, 1.82) is 5.26 Å². The molecule has 0 aliphatic heterocycles. The monoisotopic (exact) mass is 206 g/mol. The van der Waals surface area contributed by atoms with E-state index in [2.05, 4.69) is 17.2 Å². The number of aromatic nitrogens is 2. The second-order valence-electron chi connectivity index (χ2n) is 3.19. The van der Waals surface area contributed by atoms with Crippen LogP contribution in [0.3, 0.4) is 0 Å². The summed E-state index contributed by atoms with van der Waals surface area (Å²) in [4.78, 5) is 15.2. The third kappa shape index (κ3) is 3.43. The molecule has 0 atom stereocenters. The second-order valence-corrected chi connectivity index (χ2v) is 3.19. The number of carbonyl (C=O) groups is 1. The Morgan fingerprint density at radius 2 is 2.53 bits per heavy atom. The summed E-state index contributed by atoms with van der Waals surface area (Å²) in [5.74, 6) is 0.179. The van der Waals surface area contributed by atoms with Crippen LogP contribution in [0.15, 0.2) is 12.4 Å². The van der Waals surface area contributed by atoms with Gasteiger partial charge >= 0.3 is 0 Å². The highest BCUT2D eigenvalue weighted by molar-refractivity contribution is 5.75. The Labute approximate surface area is 88.7 Å². The molecule has 1 rings (SSSR count). The van der Waals surface area contributed by atoms with E-state index in [-0.39, 0.29) is 18.3 Å². The number of hydrogen-bond acceptors (Lipinski definition) is 3. The molecule has 0 aliphatic rings. The molecule has 0 aliphatic carbocycles. The van der Waals surface area contributed by atoms with E-state index in [0.717, 1.165) is 12.8 Å². The first-order valence-electron chi connectivity index (χ1n) is 4.96. The lowest BCUT2D eigenvalue weighted by Gasteiger charge is -2.05. The second kappa shape index (κ2) is 5.81. The summed E-state index contributed by atoms with van der Waals surface area (Å²) in [5.41, 5.74) is 0. The standard InChI is InChI=1S/C10H14N4O/c1-2-3-4-13-10(15)8-14-6-5-12-9(14)7-11/h5-6H,2-4,8H2,1H3,(H,13,15). The Bertz CT molecular complexity index is 364. The molecular weight excluding hydrogens is 192 g/mol. The van der Waals surface area contributed by atoms with Gasteiger partial charge in [-0.3, -0.25) is 4.79 Å². The molecule has 1 heterocycles. The van der Waals surface area contributed by atoms with Gasteiger partial charge in [0, 0.05) is 18.9 Å². The quantitative estimate of drug-likeness (QED) is 0.720. The van der Waals surface area contributed by atoms with Gasteiger partial charge in [-0.15, -0.1) is 0 Å². The number of rotatable bonds is 5. The zero-order chi connectivity index (χ0) is 11.1. The highest BCUT2D eigenvalue weighted by atomic mass is 16.1. The molecule has 0 saturated heterocycles. The maximum Gasteiger partial charge on any atom is 0.240 e. The van der Waals surface area contributed by atoms with Gasteiger partial charge in [0.2, 0.25) is 11.7 Å². The molecule has 5 nitrogen and oxygen atoms in total. The van der Waals surface area contributed by atoms with Crippen molar-refractivity contribution >= 4 is 5.91 Å². The third-order valence-corrected chi connectivity index (χ3v) is 1.98. The Hall–Kier alpha value is -1.83. The van der Waals surface area contributed by atoms with E-state index < -0.39 is 0 Å². The number of imidazole rings is 1. The molecule has 1 N–H and O–H groups in total. The molecule has 1 amide bonds. The van der Waals surface area contributed by atoms with Crippen LogP contribution in [0.25, 0.3) is 0 Å². The molecular formula is C10H14N4O. The first kappa shape index (κ1) is 11.2. The van der Waals surface area contributed by atoms with Crippen LogP contribution < -0.4 is 5.32 Å². The van der Waals surface area contributed by atoms with Crippen LogP contribution in [-0.2, 0) is 11.3 Å². The van der Waals surface area contributed by atoms with Crippen LogP contribution in [-0.4, -0.2) is 22.0 Å². The number of nitrogens with one attached hydrogen (secondary N) is 1. The van der Waals surface area contributed by atoms with E-state index in [1.807, 2.05) is 6.07 Å². The summed E-state index contributed by atoms with van der Waals surface area (Å²) in [6.45, 7) is 2.91. The molecule has 5 heteroatoms. The molecule has 15 heavy (non-hydrogen) atoms. The number of nitrogens with zero attached hydrogens (tertiary/aromatic N) is 3. The molecule has 0 saturated carbocycles. The average Bonchev–Trinajstić information content (AvgIpc) is 2.65. The fourth-order valence-corrected chi connectivity index (χ4v) is 1.17. The van der Waals surface area contributed by atoms with Crippen molar-refractivity contribution in [2.75, 3.05) is 6.54 Å². The SMILES string of the molecule is CCCCNC(=O)Cn1ccnc1C#N. The van der Waals surface area contributed by atoms with Crippen molar-refractivity contribution in [1.82, 2.24) is 14.9 Å². The van der Waals surface area contributed by atoms with Crippen molar-refractivity contribution < 1.29 is 4.79 Å². The van der Waals surface area contributed by atoms with Crippen molar-refractivity contribution in [2.24, 2.45) is 0 Å². The summed E-state index contributed by atoms with van der Waals surface area (Å²) in [7, 11) is 0. The molecule has 1 aromatic rings. The first-order valence-corrected chi connectivity index (χ1v) is 4.96. The van der Waals surface area contributed by atoms with Crippen LogP contribution in [0.2, 0.25) is 0 Å². The molecule has 0 bridgehead atoms. The summed E-state index contributed by atoms with van der Waals surface area (Å²) in [6.07, 6.45) is 5.16. The van der Waals surface area contributed by atoms with Gasteiger partial charge in [-0.05, 0) is 6.42 Å². The van der Waals surface area contributed by atoms with Crippen LogP contribution >= 0.6 is 0 Å². The zero-order valence-electron chi connectivity index (χ0n) is 8.73. The number of unbranched alkanes of at least 4 members (excludes halogenated alkanes) is 1. The number of nitriles is 1. The van der Waals surface area contributed by atoms with Crippen molar-refractivity contribution in [3.63, 3.8) is 0 Å². The largest absolute Gasteiger partial charge is 0.355 e. The maximum absolute atomic E-state index is 11.4. The minimum Gasteiger partial charge on any atom is -0.355 e. The van der Waals surface area contributed by atoms with Crippen molar-refractivity contribution in [2.45, 2.75) is 26.3 Å². The van der Waals surface area contributed by atoms with Gasteiger partial charge in [0.25, 0.3) is 0 Å². The molecule has 80 valence electrons. The van der Waals surface area contributed by atoms with Crippen LogP contribution in [0.1, 0.15) is 25.6 Å². The van der Waals surface area contributed by atoms with E-state index in [9.17, 15) is 4.79 Å². The van der Waals surface area contributed by atoms with Crippen LogP contribution in [0, 0.1) is 11.3 Å². The minimum atomic E-state index is -0.0852. The summed E-state index contributed by atoms with van der Waals surface area (Å²) >= 11 is 0. The highest BCUT2D eigenvalue weighted by Crippen LogP contribution is 1.94. The highest BCUT2D eigenvalue weighted by Gasteiger charge is 2.05. The van der Waals surface area contributed by atoms with Crippen LogP contribution in [0.5, 0.6) is 0 Å². The van der Waals surface area contributed by atoms with Gasteiger partial charge in [0.15, 0.2) is 0 Å². The molecule has 0 spiro atoms. The van der Waals surface area contributed by atoms with E-state index in [4.69, 9.17) is 5.26 Å². The fraction of sp³-hybridized carbons (Fsp3) is 0.500. The lowest BCUT2D eigenvalue weighted by atomic mass is 10.3. The predicted octanol–water partition coefficient (Wildman–Crippen LogP) is 0.671. The Kier molecular flexibility index (Phi) is 4.35. The molecule has 1 aromatic heterocycles. The molecule has 0 fully saturated rings. The van der Waals surface area contributed by atoms with Crippen molar-refractivity contribution in [3.8, 4) is 6.07 Å². The Morgan fingerprint density at radius 1 is 1.73 bits per heavy atom. The smallest absolute Gasteiger partial charge is 0.240 e. The first-order chi connectivity index (χ1) is 7.27. The average molecular weight is 206 g/mol.